The molecular formula is C19H17N5O2. The van der Waals surface area contributed by atoms with E-state index in [4.69, 9.17) is 0 Å². The molecule has 0 fully saturated rings. The summed E-state index contributed by atoms with van der Waals surface area (Å²) < 4.78 is 0. The molecule has 130 valence electrons. The highest BCUT2D eigenvalue weighted by Gasteiger charge is 2.06. The molecule has 0 spiro atoms. The summed E-state index contributed by atoms with van der Waals surface area (Å²) in [5.41, 5.74) is 2.54. The molecule has 1 aromatic carbocycles. The molecule has 7 nitrogen and oxygen atoms in total. The van der Waals surface area contributed by atoms with E-state index < -0.39 is 0 Å². The minimum absolute atomic E-state index is 0.131. The predicted octanol–water partition coefficient (Wildman–Crippen LogP) is 3.43. The maximum atomic E-state index is 12.1. The summed E-state index contributed by atoms with van der Waals surface area (Å²) in [5, 5.41) is 8.63. The Morgan fingerprint density at radius 2 is 1.73 bits per heavy atom. The van der Waals surface area contributed by atoms with Gasteiger partial charge in [0.1, 0.15) is 5.82 Å². The number of carbonyl (C=O) groups excluding carboxylic acids is 2. The molecule has 3 aromatic rings. The molecule has 0 bridgehead atoms. The molecule has 0 radical (unpaired) electrons. The highest BCUT2D eigenvalue weighted by Crippen LogP contribution is 2.20. The fourth-order valence-corrected chi connectivity index (χ4v) is 2.27. The Bertz CT molecular complexity index is 911. The summed E-state index contributed by atoms with van der Waals surface area (Å²) in [5.74, 6) is 0.238. The average Bonchev–Trinajstić information content (AvgIpc) is 2.64. The Morgan fingerprint density at radius 1 is 0.885 bits per heavy atom. The quantitative estimate of drug-likeness (QED) is 0.657. The van der Waals surface area contributed by atoms with Gasteiger partial charge in [0, 0.05) is 30.7 Å². The summed E-state index contributed by atoms with van der Waals surface area (Å²) in [4.78, 5) is 31.4. The van der Waals surface area contributed by atoms with Crippen molar-refractivity contribution < 1.29 is 9.59 Å². The van der Waals surface area contributed by atoms with E-state index in [0.717, 1.165) is 5.69 Å². The first kappa shape index (κ1) is 17.1. The van der Waals surface area contributed by atoms with Gasteiger partial charge in [-0.05, 0) is 42.5 Å². The highest BCUT2D eigenvalue weighted by atomic mass is 16.2. The molecule has 0 aliphatic heterocycles. The topological polar surface area (TPSA) is 96.0 Å². The van der Waals surface area contributed by atoms with Gasteiger partial charge in [-0.15, -0.1) is 0 Å². The van der Waals surface area contributed by atoms with E-state index in [-0.39, 0.29) is 11.8 Å². The van der Waals surface area contributed by atoms with Gasteiger partial charge in [0.05, 0.1) is 17.4 Å². The summed E-state index contributed by atoms with van der Waals surface area (Å²) in [6, 6.07) is 14.2. The fraction of sp³-hybridized carbons (Fsp3) is 0.0526. The third-order valence-electron chi connectivity index (χ3n) is 3.40. The molecule has 0 saturated heterocycles. The van der Waals surface area contributed by atoms with Crippen LogP contribution in [0.15, 0.2) is 67.1 Å². The molecule has 7 heteroatoms. The van der Waals surface area contributed by atoms with Crippen molar-refractivity contribution in [2.24, 2.45) is 0 Å². The Morgan fingerprint density at radius 3 is 2.42 bits per heavy atom. The molecule has 0 aliphatic carbocycles. The van der Waals surface area contributed by atoms with Gasteiger partial charge in [-0.25, -0.2) is 4.98 Å². The number of nitrogens with one attached hydrogen (secondary N) is 3. The van der Waals surface area contributed by atoms with Crippen LogP contribution in [0.2, 0.25) is 0 Å². The lowest BCUT2D eigenvalue weighted by molar-refractivity contribution is -0.114. The van der Waals surface area contributed by atoms with Gasteiger partial charge in [-0.3, -0.25) is 14.6 Å². The second-order valence-electron chi connectivity index (χ2n) is 5.51. The van der Waals surface area contributed by atoms with E-state index in [1.54, 1.807) is 48.8 Å². The fourth-order valence-electron chi connectivity index (χ4n) is 2.27. The van der Waals surface area contributed by atoms with E-state index in [1.165, 1.54) is 13.1 Å². The Labute approximate surface area is 150 Å². The third-order valence-corrected chi connectivity index (χ3v) is 3.40. The van der Waals surface area contributed by atoms with Crippen molar-refractivity contribution in [1.29, 1.82) is 0 Å². The summed E-state index contributed by atoms with van der Waals surface area (Å²) in [6.45, 7) is 1.46. The zero-order valence-electron chi connectivity index (χ0n) is 14.1. The number of pyridine rings is 2. The lowest BCUT2D eigenvalue weighted by atomic mass is 10.2. The van der Waals surface area contributed by atoms with Gasteiger partial charge in [-0.2, -0.15) is 0 Å². The van der Waals surface area contributed by atoms with Crippen molar-refractivity contribution in [2.75, 3.05) is 16.0 Å². The number of amides is 2. The second kappa shape index (κ2) is 7.89. The molecule has 0 unspecified atom stereocenters. The van der Waals surface area contributed by atoms with Gasteiger partial charge in [-0.1, -0.05) is 6.07 Å². The van der Waals surface area contributed by atoms with Crippen molar-refractivity contribution in [1.82, 2.24) is 9.97 Å². The molecule has 0 aliphatic rings. The number of nitrogens with zero attached hydrogens (tertiary/aromatic N) is 2. The van der Waals surface area contributed by atoms with E-state index in [1.807, 2.05) is 12.1 Å². The van der Waals surface area contributed by atoms with Crippen LogP contribution >= 0.6 is 0 Å². The van der Waals surface area contributed by atoms with Crippen LogP contribution in [0.4, 0.5) is 22.9 Å². The second-order valence-corrected chi connectivity index (χ2v) is 5.51. The summed E-state index contributed by atoms with van der Waals surface area (Å²) >= 11 is 0. The Kier molecular flexibility index (Phi) is 5.19. The van der Waals surface area contributed by atoms with Crippen LogP contribution in [0, 0.1) is 0 Å². The maximum absolute atomic E-state index is 12.1. The SMILES string of the molecule is CC(=O)Nc1cccc(Nc2ccc(NC(=O)c3cccnc3)cn2)c1. The minimum atomic E-state index is -0.247. The van der Waals surface area contributed by atoms with Crippen LogP contribution in [0.3, 0.4) is 0 Å². The number of hydrogen-bond acceptors (Lipinski definition) is 5. The molecule has 3 rings (SSSR count). The number of rotatable bonds is 5. The monoisotopic (exact) mass is 347 g/mol. The van der Waals surface area contributed by atoms with Gasteiger partial charge in [0.2, 0.25) is 5.91 Å². The molecule has 0 saturated carbocycles. The molecule has 2 amide bonds. The first-order valence-corrected chi connectivity index (χ1v) is 7.92. The third kappa shape index (κ3) is 4.64. The molecular weight excluding hydrogens is 330 g/mol. The number of aromatic nitrogens is 2. The number of hydrogen-bond donors (Lipinski definition) is 3. The minimum Gasteiger partial charge on any atom is -0.340 e. The highest BCUT2D eigenvalue weighted by molar-refractivity contribution is 6.03. The molecule has 3 N–H and O–H groups in total. The molecule has 26 heavy (non-hydrogen) atoms. The number of anilines is 4. The average molecular weight is 347 g/mol. The van der Waals surface area contributed by atoms with Crippen LogP contribution in [-0.2, 0) is 4.79 Å². The first-order chi connectivity index (χ1) is 12.6. The lowest BCUT2D eigenvalue weighted by Gasteiger charge is -2.09. The molecule has 2 aromatic heterocycles. The lowest BCUT2D eigenvalue weighted by Crippen LogP contribution is -2.12. The van der Waals surface area contributed by atoms with Crippen molar-refractivity contribution in [3.8, 4) is 0 Å². The molecule has 2 heterocycles. The first-order valence-electron chi connectivity index (χ1n) is 7.92. The Balaban J connectivity index is 1.64. The zero-order chi connectivity index (χ0) is 18.4. The summed E-state index contributed by atoms with van der Waals surface area (Å²) in [6.07, 6.45) is 4.68. The normalized spacial score (nSPS) is 10.0. The maximum Gasteiger partial charge on any atom is 0.257 e. The van der Waals surface area contributed by atoms with Gasteiger partial charge >= 0.3 is 0 Å². The zero-order valence-corrected chi connectivity index (χ0v) is 14.1. The van der Waals surface area contributed by atoms with Crippen molar-refractivity contribution >= 4 is 34.7 Å². The number of carbonyl (C=O) groups is 2. The van der Waals surface area contributed by atoms with E-state index in [2.05, 4.69) is 25.9 Å². The van der Waals surface area contributed by atoms with Crippen LogP contribution in [0.1, 0.15) is 17.3 Å². The van der Waals surface area contributed by atoms with E-state index >= 15 is 0 Å². The van der Waals surface area contributed by atoms with E-state index in [9.17, 15) is 9.59 Å². The van der Waals surface area contributed by atoms with Gasteiger partial charge in [0.25, 0.3) is 5.91 Å². The molecule has 0 atom stereocenters. The largest absolute Gasteiger partial charge is 0.340 e. The van der Waals surface area contributed by atoms with Crippen molar-refractivity contribution in [3.05, 3.63) is 72.7 Å². The summed E-state index contributed by atoms with van der Waals surface area (Å²) in [7, 11) is 0. The van der Waals surface area contributed by atoms with Crippen molar-refractivity contribution in [3.63, 3.8) is 0 Å². The van der Waals surface area contributed by atoms with Gasteiger partial charge in [0.15, 0.2) is 0 Å². The van der Waals surface area contributed by atoms with E-state index in [0.29, 0.717) is 22.8 Å². The standard InChI is InChI=1S/C19H17N5O2/c1-13(25)22-15-5-2-6-16(10-15)23-18-8-7-17(12-21-18)24-19(26)14-4-3-9-20-11-14/h2-12H,1H3,(H,21,23)(H,22,25)(H,24,26). The van der Waals surface area contributed by atoms with Gasteiger partial charge < -0.3 is 16.0 Å². The van der Waals surface area contributed by atoms with Crippen LogP contribution in [0.5, 0.6) is 0 Å². The Hall–Kier alpha value is -3.74. The van der Waals surface area contributed by atoms with Crippen LogP contribution < -0.4 is 16.0 Å². The van der Waals surface area contributed by atoms with Crippen LogP contribution in [-0.4, -0.2) is 21.8 Å². The van der Waals surface area contributed by atoms with Crippen molar-refractivity contribution in [2.45, 2.75) is 6.92 Å². The van der Waals surface area contributed by atoms with Crippen LogP contribution in [0.25, 0.3) is 0 Å². The smallest absolute Gasteiger partial charge is 0.257 e. The number of benzene rings is 1. The predicted molar refractivity (Wildman–Crippen MR) is 100 cm³/mol.